The Hall–Kier alpha value is -2.66. The van der Waals surface area contributed by atoms with E-state index in [1.807, 2.05) is 24.3 Å². The molecule has 0 spiro atoms. The van der Waals surface area contributed by atoms with Crippen molar-refractivity contribution in [2.45, 2.75) is 0 Å². The number of carbonyl (C=O) groups is 2. The van der Waals surface area contributed by atoms with Gasteiger partial charge in [0.2, 0.25) is 0 Å². The third-order valence-corrected chi connectivity index (χ3v) is 4.81. The molecule has 0 atom stereocenters. The van der Waals surface area contributed by atoms with Gasteiger partial charge in [-0.05, 0) is 36.4 Å². The summed E-state index contributed by atoms with van der Waals surface area (Å²) in [5.74, 6) is -0.625. The smallest absolute Gasteiger partial charge is 0.259 e. The van der Waals surface area contributed by atoms with E-state index in [-0.39, 0.29) is 11.8 Å². The molecule has 2 aromatic rings. The van der Waals surface area contributed by atoms with Gasteiger partial charge in [0.1, 0.15) is 0 Å². The van der Waals surface area contributed by atoms with Crippen LogP contribution in [0.15, 0.2) is 42.5 Å². The SMILES string of the molecule is CN1CCN(c2ccc(-c3cccc4c3C(=O)NC4=O)cc2)CC1. The molecular weight excluding hydrogens is 302 g/mol. The van der Waals surface area contributed by atoms with Crippen LogP contribution in [0.2, 0.25) is 0 Å². The number of rotatable bonds is 2. The normalized spacial score (nSPS) is 17.8. The molecule has 2 aromatic carbocycles. The summed E-state index contributed by atoms with van der Waals surface area (Å²) in [5.41, 5.74) is 3.89. The number of amides is 2. The maximum atomic E-state index is 12.1. The van der Waals surface area contributed by atoms with Gasteiger partial charge in [-0.2, -0.15) is 0 Å². The zero-order valence-electron chi connectivity index (χ0n) is 13.6. The van der Waals surface area contributed by atoms with Crippen molar-refractivity contribution in [3.63, 3.8) is 0 Å². The lowest BCUT2D eigenvalue weighted by Crippen LogP contribution is -2.44. The van der Waals surface area contributed by atoms with Crippen LogP contribution in [0, 0.1) is 0 Å². The number of nitrogens with one attached hydrogen (secondary N) is 1. The van der Waals surface area contributed by atoms with Gasteiger partial charge in [-0.25, -0.2) is 0 Å². The van der Waals surface area contributed by atoms with E-state index in [0.717, 1.165) is 37.3 Å². The number of benzene rings is 2. The van der Waals surface area contributed by atoms with Crippen LogP contribution in [-0.4, -0.2) is 49.9 Å². The number of anilines is 1. The summed E-state index contributed by atoms with van der Waals surface area (Å²) < 4.78 is 0. The summed E-state index contributed by atoms with van der Waals surface area (Å²) in [7, 11) is 2.14. The van der Waals surface area contributed by atoms with E-state index in [2.05, 4.69) is 34.3 Å². The molecule has 1 saturated heterocycles. The highest BCUT2D eigenvalue weighted by atomic mass is 16.2. The van der Waals surface area contributed by atoms with Gasteiger partial charge in [0.05, 0.1) is 11.1 Å². The minimum absolute atomic E-state index is 0.311. The number of piperazine rings is 1. The fourth-order valence-corrected chi connectivity index (χ4v) is 3.38. The Morgan fingerprint density at radius 3 is 2.21 bits per heavy atom. The van der Waals surface area contributed by atoms with Gasteiger partial charge < -0.3 is 9.80 Å². The minimum atomic E-state index is -0.314. The fraction of sp³-hybridized carbons (Fsp3) is 0.263. The van der Waals surface area contributed by atoms with E-state index >= 15 is 0 Å². The van der Waals surface area contributed by atoms with Gasteiger partial charge in [0.25, 0.3) is 11.8 Å². The highest BCUT2D eigenvalue weighted by Crippen LogP contribution is 2.30. The van der Waals surface area contributed by atoms with Crippen LogP contribution in [0.5, 0.6) is 0 Å². The van der Waals surface area contributed by atoms with Gasteiger partial charge in [-0.3, -0.25) is 14.9 Å². The van der Waals surface area contributed by atoms with Crippen LogP contribution >= 0.6 is 0 Å². The first kappa shape index (κ1) is 14.9. The second-order valence-electron chi connectivity index (χ2n) is 6.35. The van der Waals surface area contributed by atoms with Crippen molar-refractivity contribution in [3.8, 4) is 11.1 Å². The first-order chi connectivity index (χ1) is 11.6. The standard InChI is InChI=1S/C19H19N3O2/c1-21-9-11-22(12-10-21)14-7-5-13(6-8-14)15-3-2-4-16-17(15)19(24)20-18(16)23/h2-8H,9-12H2,1H3,(H,20,23,24). The van der Waals surface area contributed by atoms with Crippen LogP contribution in [0.1, 0.15) is 20.7 Å². The second kappa shape index (κ2) is 5.76. The van der Waals surface area contributed by atoms with Crippen LogP contribution < -0.4 is 10.2 Å². The molecule has 0 bridgehead atoms. The molecule has 122 valence electrons. The van der Waals surface area contributed by atoms with E-state index in [1.54, 1.807) is 6.07 Å². The number of hydrogen-bond acceptors (Lipinski definition) is 4. The molecule has 1 fully saturated rings. The van der Waals surface area contributed by atoms with Crippen molar-refractivity contribution < 1.29 is 9.59 Å². The first-order valence-corrected chi connectivity index (χ1v) is 8.16. The molecule has 2 heterocycles. The monoisotopic (exact) mass is 321 g/mol. The van der Waals surface area contributed by atoms with Crippen molar-refractivity contribution in [1.29, 1.82) is 0 Å². The van der Waals surface area contributed by atoms with Crippen LogP contribution in [0.3, 0.4) is 0 Å². The second-order valence-corrected chi connectivity index (χ2v) is 6.35. The van der Waals surface area contributed by atoms with Crippen molar-refractivity contribution in [3.05, 3.63) is 53.6 Å². The fourth-order valence-electron chi connectivity index (χ4n) is 3.38. The van der Waals surface area contributed by atoms with Crippen molar-refractivity contribution in [2.75, 3.05) is 38.1 Å². The van der Waals surface area contributed by atoms with E-state index in [0.29, 0.717) is 11.1 Å². The predicted octanol–water partition coefficient (Wildman–Crippen LogP) is 1.99. The van der Waals surface area contributed by atoms with E-state index in [4.69, 9.17) is 0 Å². The summed E-state index contributed by atoms with van der Waals surface area (Å²) >= 11 is 0. The van der Waals surface area contributed by atoms with Gasteiger partial charge in [0.15, 0.2) is 0 Å². The molecule has 2 amide bonds. The van der Waals surface area contributed by atoms with E-state index in [1.165, 1.54) is 5.69 Å². The number of carbonyl (C=O) groups excluding carboxylic acids is 2. The lowest BCUT2D eigenvalue weighted by Gasteiger charge is -2.34. The molecule has 0 radical (unpaired) electrons. The van der Waals surface area contributed by atoms with Gasteiger partial charge in [0, 0.05) is 31.9 Å². The van der Waals surface area contributed by atoms with Crippen molar-refractivity contribution in [1.82, 2.24) is 10.2 Å². The third kappa shape index (κ3) is 2.47. The van der Waals surface area contributed by atoms with Crippen molar-refractivity contribution >= 4 is 17.5 Å². The van der Waals surface area contributed by atoms with Crippen molar-refractivity contribution in [2.24, 2.45) is 0 Å². The maximum absolute atomic E-state index is 12.1. The summed E-state index contributed by atoms with van der Waals surface area (Å²) in [6.07, 6.45) is 0. The predicted molar refractivity (Wildman–Crippen MR) is 93.4 cm³/mol. The topological polar surface area (TPSA) is 52.6 Å². The number of imide groups is 1. The highest BCUT2D eigenvalue weighted by molar-refractivity contribution is 6.24. The Morgan fingerprint density at radius 2 is 1.50 bits per heavy atom. The minimum Gasteiger partial charge on any atom is -0.369 e. The lowest BCUT2D eigenvalue weighted by atomic mass is 9.96. The average molecular weight is 321 g/mol. The molecule has 2 aliphatic heterocycles. The van der Waals surface area contributed by atoms with Crippen LogP contribution in [0.4, 0.5) is 5.69 Å². The molecule has 24 heavy (non-hydrogen) atoms. The number of hydrogen-bond donors (Lipinski definition) is 1. The summed E-state index contributed by atoms with van der Waals surface area (Å²) in [6, 6.07) is 13.6. The van der Waals surface area contributed by atoms with Crippen LogP contribution in [0.25, 0.3) is 11.1 Å². The number of nitrogens with zero attached hydrogens (tertiary/aromatic N) is 2. The largest absolute Gasteiger partial charge is 0.369 e. The zero-order chi connectivity index (χ0) is 16.7. The average Bonchev–Trinajstić information content (AvgIpc) is 2.90. The highest BCUT2D eigenvalue weighted by Gasteiger charge is 2.29. The van der Waals surface area contributed by atoms with E-state index in [9.17, 15) is 9.59 Å². The van der Waals surface area contributed by atoms with Gasteiger partial charge in [-0.15, -0.1) is 0 Å². The molecule has 0 unspecified atom stereocenters. The third-order valence-electron chi connectivity index (χ3n) is 4.81. The summed E-state index contributed by atoms with van der Waals surface area (Å²) in [4.78, 5) is 28.6. The molecule has 0 saturated carbocycles. The summed E-state index contributed by atoms with van der Waals surface area (Å²) in [6.45, 7) is 4.17. The molecule has 4 rings (SSSR count). The van der Waals surface area contributed by atoms with E-state index < -0.39 is 0 Å². The summed E-state index contributed by atoms with van der Waals surface area (Å²) in [5, 5.41) is 2.37. The Bertz CT molecular complexity index is 806. The lowest BCUT2D eigenvalue weighted by molar-refractivity contribution is 0.0880. The van der Waals surface area contributed by atoms with Gasteiger partial charge in [-0.1, -0.05) is 24.3 Å². The molecule has 0 aromatic heterocycles. The number of likely N-dealkylation sites (N-methyl/N-ethyl adjacent to an activating group) is 1. The molecule has 0 aliphatic carbocycles. The molecule has 5 nitrogen and oxygen atoms in total. The molecule has 2 aliphatic rings. The molecule has 5 heteroatoms. The van der Waals surface area contributed by atoms with Gasteiger partial charge >= 0.3 is 0 Å². The van der Waals surface area contributed by atoms with Crippen LogP contribution in [-0.2, 0) is 0 Å². The Morgan fingerprint density at radius 1 is 0.833 bits per heavy atom. The number of fused-ring (bicyclic) bond motifs is 1. The Labute approximate surface area is 140 Å². The zero-order valence-corrected chi connectivity index (χ0v) is 13.6. The Balaban J connectivity index is 1.65. The quantitative estimate of drug-likeness (QED) is 0.860. The Kier molecular flexibility index (Phi) is 3.58. The molecule has 1 N–H and O–H groups in total. The maximum Gasteiger partial charge on any atom is 0.259 e. The first-order valence-electron chi connectivity index (χ1n) is 8.16. The molecular formula is C19H19N3O2.